The molecule has 1 heterocycles. The first-order chi connectivity index (χ1) is 7.87. The number of benzene rings is 1. The number of furan rings is 1. The Morgan fingerprint density at radius 1 is 1.29 bits per heavy atom. The van der Waals surface area contributed by atoms with Gasteiger partial charge in [-0.25, -0.2) is 4.39 Å². The van der Waals surface area contributed by atoms with Gasteiger partial charge in [-0.15, -0.1) is 0 Å². The first-order valence-corrected chi connectivity index (χ1v) is 5.79. The third-order valence-electron chi connectivity index (χ3n) is 2.66. The van der Waals surface area contributed by atoms with Crippen LogP contribution in [0.5, 0.6) is 0 Å². The lowest BCUT2D eigenvalue weighted by Crippen LogP contribution is -2.34. The Labute approximate surface area is 101 Å². The highest BCUT2D eigenvalue weighted by atomic mass is 19.1. The van der Waals surface area contributed by atoms with Gasteiger partial charge in [-0.2, -0.15) is 0 Å². The minimum atomic E-state index is -0.260. The van der Waals surface area contributed by atoms with Crippen molar-refractivity contribution >= 4 is 11.0 Å². The van der Waals surface area contributed by atoms with E-state index in [1.54, 1.807) is 13.0 Å². The number of aryl methyl sites for hydroxylation is 1. The number of nitrogens with one attached hydrogen (secondary N) is 1. The van der Waals surface area contributed by atoms with Crippen molar-refractivity contribution in [1.82, 2.24) is 5.32 Å². The third-order valence-corrected chi connectivity index (χ3v) is 2.66. The second kappa shape index (κ2) is 4.15. The molecule has 17 heavy (non-hydrogen) atoms. The number of hydrogen-bond donors (Lipinski definition) is 1. The lowest BCUT2D eigenvalue weighted by molar-refractivity contribution is 0.393. The maximum Gasteiger partial charge on any atom is 0.170 e. The number of rotatable bonds is 2. The second-order valence-corrected chi connectivity index (χ2v) is 5.43. The molecule has 2 aromatic rings. The van der Waals surface area contributed by atoms with Gasteiger partial charge in [0.25, 0.3) is 0 Å². The van der Waals surface area contributed by atoms with E-state index in [0.29, 0.717) is 17.7 Å². The van der Waals surface area contributed by atoms with E-state index in [0.717, 1.165) is 11.1 Å². The molecule has 2 rings (SSSR count). The van der Waals surface area contributed by atoms with E-state index >= 15 is 0 Å². The van der Waals surface area contributed by atoms with Gasteiger partial charge in [-0.1, -0.05) is 12.1 Å². The zero-order chi connectivity index (χ0) is 12.6. The summed E-state index contributed by atoms with van der Waals surface area (Å²) in [6, 6.07) is 5.54. The average molecular weight is 235 g/mol. The van der Waals surface area contributed by atoms with Crippen molar-refractivity contribution in [3.05, 3.63) is 35.3 Å². The van der Waals surface area contributed by atoms with Crippen molar-refractivity contribution in [2.24, 2.45) is 0 Å². The van der Waals surface area contributed by atoms with Crippen LogP contribution in [0.2, 0.25) is 0 Å². The molecule has 0 amide bonds. The summed E-state index contributed by atoms with van der Waals surface area (Å²) in [6.45, 7) is 8.60. The Hall–Kier alpha value is -1.35. The molecule has 3 heteroatoms. The molecule has 0 radical (unpaired) electrons. The highest BCUT2D eigenvalue weighted by molar-refractivity contribution is 5.79. The summed E-state index contributed by atoms with van der Waals surface area (Å²) in [4.78, 5) is 0. The monoisotopic (exact) mass is 235 g/mol. The van der Waals surface area contributed by atoms with Gasteiger partial charge < -0.3 is 9.73 Å². The third kappa shape index (κ3) is 2.67. The summed E-state index contributed by atoms with van der Waals surface area (Å²) >= 11 is 0. The minimum Gasteiger partial charge on any atom is -0.457 e. The maximum absolute atomic E-state index is 13.8. The van der Waals surface area contributed by atoms with Crippen LogP contribution in [0.1, 0.15) is 32.1 Å². The SMILES string of the molecule is Cc1ccc2cc(CNC(C)(C)C)oc2c1F. The molecule has 0 atom stereocenters. The van der Waals surface area contributed by atoms with Gasteiger partial charge in [0.15, 0.2) is 11.4 Å². The summed E-state index contributed by atoms with van der Waals surface area (Å²) in [5.41, 5.74) is 0.992. The van der Waals surface area contributed by atoms with Crippen molar-refractivity contribution in [3.63, 3.8) is 0 Å². The number of fused-ring (bicyclic) bond motifs is 1. The van der Waals surface area contributed by atoms with Gasteiger partial charge in [0.2, 0.25) is 0 Å². The predicted octanol–water partition coefficient (Wildman–Crippen LogP) is 3.77. The fraction of sp³-hybridized carbons (Fsp3) is 0.429. The Kier molecular flexibility index (Phi) is 2.96. The summed E-state index contributed by atoms with van der Waals surface area (Å²) in [7, 11) is 0. The van der Waals surface area contributed by atoms with Gasteiger partial charge >= 0.3 is 0 Å². The molecular formula is C14H18FNO. The number of hydrogen-bond acceptors (Lipinski definition) is 2. The van der Waals surface area contributed by atoms with E-state index in [-0.39, 0.29) is 11.4 Å². The second-order valence-electron chi connectivity index (χ2n) is 5.43. The zero-order valence-electron chi connectivity index (χ0n) is 10.7. The molecule has 0 fully saturated rings. The van der Waals surface area contributed by atoms with Crippen LogP contribution >= 0.6 is 0 Å². The quantitative estimate of drug-likeness (QED) is 0.857. The van der Waals surface area contributed by atoms with Crippen LogP contribution in [0.4, 0.5) is 4.39 Å². The van der Waals surface area contributed by atoms with Crippen molar-refractivity contribution < 1.29 is 8.81 Å². The smallest absolute Gasteiger partial charge is 0.170 e. The summed E-state index contributed by atoms with van der Waals surface area (Å²) < 4.78 is 19.3. The molecular weight excluding hydrogens is 217 g/mol. The minimum absolute atomic E-state index is 0.0213. The molecule has 1 N–H and O–H groups in total. The highest BCUT2D eigenvalue weighted by Crippen LogP contribution is 2.24. The Morgan fingerprint density at radius 2 is 2.00 bits per heavy atom. The van der Waals surface area contributed by atoms with Crippen molar-refractivity contribution in [2.75, 3.05) is 0 Å². The molecule has 0 aliphatic rings. The molecule has 2 nitrogen and oxygen atoms in total. The van der Waals surface area contributed by atoms with E-state index in [2.05, 4.69) is 26.1 Å². The van der Waals surface area contributed by atoms with Crippen LogP contribution in [-0.4, -0.2) is 5.54 Å². The molecule has 0 saturated heterocycles. The van der Waals surface area contributed by atoms with Gasteiger partial charge in [0.1, 0.15) is 5.76 Å². The lowest BCUT2D eigenvalue weighted by Gasteiger charge is -2.19. The highest BCUT2D eigenvalue weighted by Gasteiger charge is 2.13. The van der Waals surface area contributed by atoms with Crippen LogP contribution in [0, 0.1) is 12.7 Å². The molecule has 1 aromatic carbocycles. The Bertz CT molecular complexity index is 537. The average Bonchev–Trinajstić information content (AvgIpc) is 2.64. The molecule has 0 aliphatic heterocycles. The van der Waals surface area contributed by atoms with Crippen LogP contribution in [0.3, 0.4) is 0 Å². The summed E-state index contributed by atoms with van der Waals surface area (Å²) in [5.74, 6) is 0.504. The number of halogens is 1. The van der Waals surface area contributed by atoms with E-state index in [1.807, 2.05) is 12.1 Å². The molecule has 0 spiro atoms. The van der Waals surface area contributed by atoms with E-state index in [9.17, 15) is 4.39 Å². The molecule has 0 bridgehead atoms. The predicted molar refractivity (Wildman–Crippen MR) is 67.5 cm³/mol. The van der Waals surface area contributed by atoms with Gasteiger partial charge in [-0.05, 0) is 39.3 Å². The largest absolute Gasteiger partial charge is 0.457 e. The summed E-state index contributed by atoms with van der Waals surface area (Å²) in [6.07, 6.45) is 0. The standard InChI is InChI=1S/C14H18FNO/c1-9-5-6-10-7-11(8-16-14(2,3)4)17-13(10)12(9)15/h5-7,16H,8H2,1-4H3. The van der Waals surface area contributed by atoms with Crippen LogP contribution in [-0.2, 0) is 6.54 Å². The first kappa shape index (κ1) is 12.1. The Morgan fingerprint density at radius 3 is 2.65 bits per heavy atom. The molecule has 1 aromatic heterocycles. The normalized spacial score (nSPS) is 12.3. The van der Waals surface area contributed by atoms with E-state index < -0.39 is 0 Å². The van der Waals surface area contributed by atoms with Gasteiger partial charge in [-0.3, -0.25) is 0 Å². The van der Waals surface area contributed by atoms with Gasteiger partial charge in [0, 0.05) is 10.9 Å². The van der Waals surface area contributed by atoms with Gasteiger partial charge in [0.05, 0.1) is 6.54 Å². The lowest BCUT2D eigenvalue weighted by atomic mass is 10.1. The van der Waals surface area contributed by atoms with E-state index in [4.69, 9.17) is 4.42 Å². The molecule has 0 saturated carbocycles. The fourth-order valence-electron chi connectivity index (χ4n) is 1.66. The molecule has 0 aliphatic carbocycles. The topological polar surface area (TPSA) is 25.2 Å². The fourth-order valence-corrected chi connectivity index (χ4v) is 1.66. The maximum atomic E-state index is 13.8. The van der Waals surface area contributed by atoms with Crippen LogP contribution in [0.25, 0.3) is 11.0 Å². The first-order valence-electron chi connectivity index (χ1n) is 5.79. The van der Waals surface area contributed by atoms with Crippen LogP contribution in [0.15, 0.2) is 22.6 Å². The van der Waals surface area contributed by atoms with Crippen LogP contribution < -0.4 is 5.32 Å². The zero-order valence-corrected chi connectivity index (χ0v) is 10.7. The Balaban J connectivity index is 2.29. The van der Waals surface area contributed by atoms with E-state index in [1.165, 1.54) is 0 Å². The van der Waals surface area contributed by atoms with Crippen molar-refractivity contribution in [2.45, 2.75) is 39.8 Å². The summed E-state index contributed by atoms with van der Waals surface area (Å²) in [5, 5.41) is 4.14. The van der Waals surface area contributed by atoms with Crippen molar-refractivity contribution in [1.29, 1.82) is 0 Å². The van der Waals surface area contributed by atoms with Crippen molar-refractivity contribution in [3.8, 4) is 0 Å². The molecule has 92 valence electrons. The molecule has 0 unspecified atom stereocenters.